The van der Waals surface area contributed by atoms with E-state index in [4.69, 9.17) is 14.2 Å². The van der Waals surface area contributed by atoms with Crippen molar-refractivity contribution in [2.24, 2.45) is 0 Å². The van der Waals surface area contributed by atoms with E-state index in [1.807, 2.05) is 0 Å². The van der Waals surface area contributed by atoms with Crippen molar-refractivity contribution in [3.63, 3.8) is 0 Å². The highest BCUT2D eigenvalue weighted by molar-refractivity contribution is 7.92. The Bertz CT molecular complexity index is 980. The maximum atomic E-state index is 12.5. The van der Waals surface area contributed by atoms with Crippen LogP contribution in [0.5, 0.6) is 17.2 Å². The van der Waals surface area contributed by atoms with Crippen molar-refractivity contribution in [3.05, 3.63) is 47.5 Å². The Morgan fingerprint density at radius 3 is 2.17 bits per heavy atom. The Balaban J connectivity index is 1.70. The Hall–Kier alpha value is -2.94. The quantitative estimate of drug-likeness (QED) is 0.720. The number of ether oxygens (including phenoxy) is 3. The summed E-state index contributed by atoms with van der Waals surface area (Å²) in [4.78, 5) is 12.5. The first kappa shape index (κ1) is 21.8. The topological polar surface area (TPSA) is 94.2 Å². The van der Waals surface area contributed by atoms with Gasteiger partial charge in [-0.3, -0.25) is 9.10 Å². The van der Waals surface area contributed by atoms with Gasteiger partial charge in [-0.05, 0) is 54.8 Å². The third kappa shape index (κ3) is 4.62. The highest BCUT2D eigenvalue weighted by Crippen LogP contribution is 2.38. The highest BCUT2D eigenvalue weighted by Gasteiger charge is 2.26. The van der Waals surface area contributed by atoms with Gasteiger partial charge < -0.3 is 19.5 Å². The molecule has 1 heterocycles. The largest absolute Gasteiger partial charge is 0.493 e. The lowest BCUT2D eigenvalue weighted by molar-refractivity contribution is 0.0951. The van der Waals surface area contributed by atoms with Gasteiger partial charge in [0.25, 0.3) is 5.91 Å². The van der Waals surface area contributed by atoms with Gasteiger partial charge in [0.05, 0.1) is 32.8 Å². The first-order chi connectivity index (χ1) is 14.4. The zero-order valence-electron chi connectivity index (χ0n) is 17.3. The Kier molecular flexibility index (Phi) is 6.71. The molecule has 0 aromatic heterocycles. The predicted molar refractivity (Wildman–Crippen MR) is 114 cm³/mol. The summed E-state index contributed by atoms with van der Waals surface area (Å²) in [5.41, 5.74) is 1.81. The fourth-order valence-corrected chi connectivity index (χ4v) is 5.02. The lowest BCUT2D eigenvalue weighted by Gasteiger charge is -2.28. The van der Waals surface area contributed by atoms with Crippen molar-refractivity contribution in [1.82, 2.24) is 5.32 Å². The fourth-order valence-electron chi connectivity index (χ4n) is 3.38. The summed E-state index contributed by atoms with van der Waals surface area (Å²) < 4.78 is 41.8. The lowest BCUT2D eigenvalue weighted by atomic mass is 10.1. The molecule has 1 amide bonds. The summed E-state index contributed by atoms with van der Waals surface area (Å²) in [6.45, 7) is 0.729. The average molecular weight is 435 g/mol. The van der Waals surface area contributed by atoms with Crippen LogP contribution in [0.1, 0.15) is 28.8 Å². The van der Waals surface area contributed by atoms with E-state index in [0.29, 0.717) is 41.5 Å². The van der Waals surface area contributed by atoms with Crippen LogP contribution in [-0.2, 0) is 16.6 Å². The van der Waals surface area contributed by atoms with Gasteiger partial charge in [0.15, 0.2) is 11.5 Å². The number of sulfonamides is 1. The van der Waals surface area contributed by atoms with E-state index in [9.17, 15) is 13.2 Å². The molecular weight excluding hydrogens is 408 g/mol. The number of hydrogen-bond donors (Lipinski definition) is 1. The third-order valence-corrected chi connectivity index (χ3v) is 6.81. The number of nitrogens with one attached hydrogen (secondary N) is 1. The van der Waals surface area contributed by atoms with E-state index >= 15 is 0 Å². The number of rotatable bonds is 7. The molecule has 0 bridgehead atoms. The second kappa shape index (κ2) is 9.25. The minimum atomic E-state index is -3.28. The fraction of sp³-hybridized carbons (Fsp3) is 0.381. The lowest BCUT2D eigenvalue weighted by Crippen LogP contribution is -2.37. The minimum absolute atomic E-state index is 0.157. The highest BCUT2D eigenvalue weighted by atomic mass is 32.2. The molecule has 2 aromatic rings. The van der Waals surface area contributed by atoms with Crippen LogP contribution < -0.4 is 23.8 Å². The maximum Gasteiger partial charge on any atom is 0.251 e. The van der Waals surface area contributed by atoms with Gasteiger partial charge in [0.1, 0.15) is 0 Å². The van der Waals surface area contributed by atoms with Crippen molar-refractivity contribution < 1.29 is 27.4 Å². The molecule has 0 radical (unpaired) electrons. The molecule has 1 aliphatic rings. The van der Waals surface area contributed by atoms with Crippen LogP contribution in [0.15, 0.2) is 36.4 Å². The van der Waals surface area contributed by atoms with Gasteiger partial charge in [-0.15, -0.1) is 0 Å². The zero-order chi connectivity index (χ0) is 21.7. The molecule has 0 atom stereocenters. The summed E-state index contributed by atoms with van der Waals surface area (Å²) in [6.07, 6.45) is 1.51. The van der Waals surface area contributed by atoms with Gasteiger partial charge in [-0.1, -0.05) is 0 Å². The second-order valence-corrected chi connectivity index (χ2v) is 8.87. The monoisotopic (exact) mass is 434 g/mol. The van der Waals surface area contributed by atoms with Crippen LogP contribution in [0, 0.1) is 0 Å². The van der Waals surface area contributed by atoms with Crippen LogP contribution >= 0.6 is 0 Å². The molecule has 8 nitrogen and oxygen atoms in total. The SMILES string of the molecule is COc1cc(CNC(=O)c2ccc(N3CCCCS3(=O)=O)cc2)cc(OC)c1OC. The third-order valence-electron chi connectivity index (χ3n) is 4.94. The van der Waals surface area contributed by atoms with Crippen LogP contribution in [0.3, 0.4) is 0 Å². The molecule has 0 aliphatic carbocycles. The molecule has 9 heteroatoms. The number of amides is 1. The van der Waals surface area contributed by atoms with E-state index < -0.39 is 10.0 Å². The number of nitrogens with zero attached hydrogens (tertiary/aromatic N) is 1. The molecule has 0 saturated carbocycles. The van der Waals surface area contributed by atoms with Crippen molar-refractivity contribution in [3.8, 4) is 17.2 Å². The van der Waals surface area contributed by atoms with Crippen molar-refractivity contribution in [2.45, 2.75) is 19.4 Å². The predicted octanol–water partition coefficient (Wildman–Crippen LogP) is 2.57. The van der Waals surface area contributed by atoms with Gasteiger partial charge in [-0.2, -0.15) is 0 Å². The van der Waals surface area contributed by atoms with Gasteiger partial charge in [-0.25, -0.2) is 8.42 Å². The number of hydrogen-bond acceptors (Lipinski definition) is 6. The summed E-state index contributed by atoms with van der Waals surface area (Å²) in [5.74, 6) is 1.39. The van der Waals surface area contributed by atoms with E-state index in [1.54, 1.807) is 36.4 Å². The normalized spacial score (nSPS) is 15.4. The molecule has 162 valence electrons. The molecule has 1 N–H and O–H groups in total. The van der Waals surface area contributed by atoms with E-state index in [2.05, 4.69) is 5.32 Å². The van der Waals surface area contributed by atoms with Crippen molar-refractivity contribution in [2.75, 3.05) is 37.9 Å². The van der Waals surface area contributed by atoms with E-state index in [0.717, 1.165) is 12.0 Å². The molecule has 3 rings (SSSR count). The van der Waals surface area contributed by atoms with Crippen molar-refractivity contribution in [1.29, 1.82) is 0 Å². The average Bonchev–Trinajstić information content (AvgIpc) is 2.76. The Morgan fingerprint density at radius 1 is 1.00 bits per heavy atom. The smallest absolute Gasteiger partial charge is 0.251 e. The summed E-state index contributed by atoms with van der Waals surface area (Å²) in [5, 5.41) is 2.85. The van der Waals surface area contributed by atoms with Crippen LogP contribution in [0.2, 0.25) is 0 Å². The number of benzene rings is 2. The van der Waals surface area contributed by atoms with E-state index in [-0.39, 0.29) is 18.2 Å². The van der Waals surface area contributed by atoms with Crippen LogP contribution in [0.4, 0.5) is 5.69 Å². The van der Waals surface area contributed by atoms with Crippen LogP contribution in [0.25, 0.3) is 0 Å². The first-order valence-corrected chi connectivity index (χ1v) is 11.2. The molecule has 0 spiro atoms. The first-order valence-electron chi connectivity index (χ1n) is 9.57. The summed E-state index contributed by atoms with van der Waals surface area (Å²) in [6, 6.07) is 10.1. The standard InChI is InChI=1S/C21H26N2O6S/c1-27-18-12-15(13-19(28-2)20(18)29-3)14-22-21(24)16-6-8-17(9-7-16)23-10-4-5-11-30(23,25)26/h6-9,12-13H,4-5,10-11,14H2,1-3H3,(H,22,24). The molecule has 2 aromatic carbocycles. The molecule has 0 unspecified atom stereocenters. The summed E-state index contributed by atoms with van der Waals surface area (Å²) >= 11 is 0. The zero-order valence-corrected chi connectivity index (χ0v) is 18.1. The number of anilines is 1. The van der Waals surface area contributed by atoms with Crippen LogP contribution in [-0.4, -0.2) is 48.0 Å². The molecular formula is C21H26N2O6S. The number of methoxy groups -OCH3 is 3. The number of carbonyl (C=O) groups excluding carboxylic acids is 1. The molecule has 1 saturated heterocycles. The Labute approximate surface area is 176 Å². The van der Waals surface area contributed by atoms with E-state index in [1.165, 1.54) is 25.6 Å². The van der Waals surface area contributed by atoms with Gasteiger partial charge in [0.2, 0.25) is 15.8 Å². The maximum absolute atomic E-state index is 12.5. The molecule has 1 aliphatic heterocycles. The number of carbonyl (C=O) groups is 1. The Morgan fingerprint density at radius 2 is 1.63 bits per heavy atom. The second-order valence-electron chi connectivity index (χ2n) is 6.86. The van der Waals surface area contributed by atoms with Gasteiger partial charge in [0, 0.05) is 18.7 Å². The van der Waals surface area contributed by atoms with Gasteiger partial charge >= 0.3 is 0 Å². The summed E-state index contributed by atoms with van der Waals surface area (Å²) in [7, 11) is 1.32. The molecule has 30 heavy (non-hydrogen) atoms. The minimum Gasteiger partial charge on any atom is -0.493 e. The molecule has 1 fully saturated rings. The van der Waals surface area contributed by atoms with Crippen molar-refractivity contribution >= 4 is 21.6 Å².